The van der Waals surface area contributed by atoms with Crippen molar-refractivity contribution in [1.82, 2.24) is 19.7 Å². The van der Waals surface area contributed by atoms with Crippen LogP contribution in [0.2, 0.25) is 5.02 Å². The van der Waals surface area contributed by atoms with Crippen LogP contribution in [0.5, 0.6) is 0 Å². The molecule has 4 rings (SSSR count). The number of anilines is 4. The predicted molar refractivity (Wildman–Crippen MR) is 126 cm³/mol. The normalized spacial score (nSPS) is 16.8. The number of nitrogens with two attached hydrogens (primary N) is 1. The molecule has 0 radical (unpaired) electrons. The second-order valence-corrected chi connectivity index (χ2v) is 9.10. The van der Waals surface area contributed by atoms with Crippen molar-refractivity contribution in [3.8, 4) is 11.4 Å². The summed E-state index contributed by atoms with van der Waals surface area (Å²) in [6.45, 7) is 9.46. The summed E-state index contributed by atoms with van der Waals surface area (Å²) in [4.78, 5) is 7.22. The molecule has 0 bridgehead atoms. The lowest BCUT2D eigenvalue weighted by atomic mass is 10.1. The van der Waals surface area contributed by atoms with Crippen molar-refractivity contribution in [2.24, 2.45) is 0 Å². The van der Waals surface area contributed by atoms with Crippen LogP contribution >= 0.6 is 11.6 Å². The zero-order valence-electron chi connectivity index (χ0n) is 18.4. The number of aliphatic hydroxyl groups is 1. The smallest absolute Gasteiger partial charge is 0.208 e. The minimum Gasteiger partial charge on any atom is -0.397 e. The summed E-state index contributed by atoms with van der Waals surface area (Å²) < 4.78 is 2.21. The molecule has 0 spiro atoms. The Morgan fingerprint density at radius 2 is 2.03 bits per heavy atom. The van der Waals surface area contributed by atoms with Gasteiger partial charge in [0.05, 0.1) is 34.7 Å². The van der Waals surface area contributed by atoms with Crippen molar-refractivity contribution in [2.45, 2.75) is 58.5 Å². The summed E-state index contributed by atoms with van der Waals surface area (Å²) in [5.41, 5.74) is 9.90. The average Bonchev–Trinajstić information content (AvgIpc) is 3.37. The molecular formula is C22H30ClN7O. The van der Waals surface area contributed by atoms with E-state index in [2.05, 4.69) is 52.7 Å². The minimum atomic E-state index is 0.0485. The Balaban J connectivity index is 1.92. The van der Waals surface area contributed by atoms with Crippen LogP contribution in [0, 0.1) is 0 Å². The SMILES string of the molecule is CC(C)c1nnc2c(Nc3ccc(Cl)c(N)c3)nc(N3CCCC3CO)n(C(C)C)c1-2. The van der Waals surface area contributed by atoms with E-state index in [1.54, 1.807) is 12.1 Å². The highest BCUT2D eigenvalue weighted by Crippen LogP contribution is 2.40. The van der Waals surface area contributed by atoms with E-state index in [1.807, 2.05) is 6.07 Å². The summed E-state index contributed by atoms with van der Waals surface area (Å²) in [6, 6.07) is 5.60. The first-order chi connectivity index (χ1) is 14.8. The van der Waals surface area contributed by atoms with Crippen LogP contribution in [-0.4, -0.2) is 44.0 Å². The second kappa shape index (κ2) is 8.51. The molecule has 1 unspecified atom stereocenters. The predicted octanol–water partition coefficient (Wildman–Crippen LogP) is 4.42. The number of nitrogen functional groups attached to an aromatic ring is 1. The molecule has 0 aromatic heterocycles. The third-order valence-electron chi connectivity index (χ3n) is 5.78. The van der Waals surface area contributed by atoms with Gasteiger partial charge in [-0.15, -0.1) is 5.10 Å². The van der Waals surface area contributed by atoms with Gasteiger partial charge in [-0.3, -0.25) is 0 Å². The van der Waals surface area contributed by atoms with Crippen LogP contribution in [0.1, 0.15) is 58.2 Å². The third kappa shape index (κ3) is 3.90. The maximum absolute atomic E-state index is 9.96. The highest BCUT2D eigenvalue weighted by Gasteiger charge is 2.33. The van der Waals surface area contributed by atoms with E-state index in [0.29, 0.717) is 16.5 Å². The zero-order chi connectivity index (χ0) is 22.3. The highest BCUT2D eigenvalue weighted by atomic mass is 35.5. The topological polar surface area (TPSA) is 105 Å². The van der Waals surface area contributed by atoms with Crippen LogP contribution in [0.25, 0.3) is 11.4 Å². The van der Waals surface area contributed by atoms with Crippen molar-refractivity contribution in [1.29, 1.82) is 0 Å². The van der Waals surface area contributed by atoms with Gasteiger partial charge >= 0.3 is 0 Å². The fourth-order valence-corrected chi connectivity index (χ4v) is 4.36. The van der Waals surface area contributed by atoms with Crippen molar-refractivity contribution in [3.63, 3.8) is 0 Å². The van der Waals surface area contributed by atoms with Crippen LogP contribution in [-0.2, 0) is 0 Å². The molecule has 8 nitrogen and oxygen atoms in total. The summed E-state index contributed by atoms with van der Waals surface area (Å²) >= 11 is 6.09. The molecule has 4 N–H and O–H groups in total. The molecule has 3 aliphatic rings. The van der Waals surface area contributed by atoms with Crippen LogP contribution < -0.4 is 16.0 Å². The number of hydrogen-bond acceptors (Lipinski definition) is 7. The number of halogens is 1. The van der Waals surface area contributed by atoms with Gasteiger partial charge < -0.3 is 25.6 Å². The molecule has 0 aliphatic carbocycles. The van der Waals surface area contributed by atoms with Gasteiger partial charge in [0.1, 0.15) is 0 Å². The molecule has 0 amide bonds. The quantitative estimate of drug-likeness (QED) is 0.484. The molecule has 166 valence electrons. The van der Waals surface area contributed by atoms with E-state index in [0.717, 1.165) is 48.1 Å². The minimum absolute atomic E-state index is 0.0485. The molecule has 3 aliphatic heterocycles. The summed E-state index contributed by atoms with van der Waals surface area (Å²) in [5.74, 6) is 1.64. The third-order valence-corrected chi connectivity index (χ3v) is 6.13. The number of nitrogens with zero attached hydrogens (tertiary/aromatic N) is 5. The lowest BCUT2D eigenvalue weighted by Gasteiger charge is -2.31. The molecule has 1 aromatic carbocycles. The Morgan fingerprint density at radius 3 is 2.68 bits per heavy atom. The van der Waals surface area contributed by atoms with Crippen molar-refractivity contribution >= 4 is 34.7 Å². The van der Waals surface area contributed by atoms with Gasteiger partial charge in [0.15, 0.2) is 11.5 Å². The number of hydrogen-bond donors (Lipinski definition) is 3. The number of rotatable bonds is 6. The molecule has 0 saturated carbocycles. The summed E-state index contributed by atoms with van der Waals surface area (Å²) in [6.07, 6.45) is 1.97. The molecule has 9 heteroatoms. The van der Waals surface area contributed by atoms with Crippen molar-refractivity contribution in [3.05, 3.63) is 28.9 Å². The van der Waals surface area contributed by atoms with Gasteiger partial charge in [-0.1, -0.05) is 25.4 Å². The Labute approximate surface area is 187 Å². The fourth-order valence-electron chi connectivity index (χ4n) is 4.24. The van der Waals surface area contributed by atoms with Gasteiger partial charge in [0, 0.05) is 18.3 Å². The van der Waals surface area contributed by atoms with E-state index in [4.69, 9.17) is 22.3 Å². The lowest BCUT2D eigenvalue weighted by molar-refractivity contribution is 0.264. The lowest BCUT2D eigenvalue weighted by Crippen LogP contribution is -2.36. The molecular weight excluding hydrogens is 414 g/mol. The van der Waals surface area contributed by atoms with Crippen molar-refractivity contribution in [2.75, 3.05) is 29.1 Å². The maximum atomic E-state index is 9.96. The number of aromatic nitrogens is 4. The Kier molecular flexibility index (Phi) is 5.94. The Bertz CT molecular complexity index is 1050. The standard InChI is InChI=1S/C22H30ClN7O/c1-12(2)18-20-19(28-27-18)21(25-14-7-8-16(23)17(24)10-14)26-22(30(20)13(3)4)29-9-5-6-15(29)11-31/h7-8,10,12-13,15,25,31H,5-6,9,11,24H2,1-4H3. The number of fused-ring (bicyclic) bond motifs is 1. The Hall–Kier alpha value is -2.58. The molecule has 1 saturated heterocycles. The van der Waals surface area contributed by atoms with E-state index in [-0.39, 0.29) is 24.6 Å². The largest absolute Gasteiger partial charge is 0.397 e. The first kappa shape index (κ1) is 21.6. The maximum Gasteiger partial charge on any atom is 0.208 e. The van der Waals surface area contributed by atoms with E-state index < -0.39 is 0 Å². The average molecular weight is 444 g/mol. The van der Waals surface area contributed by atoms with Gasteiger partial charge in [0.2, 0.25) is 5.95 Å². The molecule has 3 heterocycles. The van der Waals surface area contributed by atoms with Gasteiger partial charge in [-0.05, 0) is 50.8 Å². The molecule has 1 atom stereocenters. The second-order valence-electron chi connectivity index (χ2n) is 8.69. The van der Waals surface area contributed by atoms with Gasteiger partial charge in [-0.2, -0.15) is 10.1 Å². The summed E-state index contributed by atoms with van der Waals surface area (Å²) in [7, 11) is 0. The number of nitrogens with one attached hydrogen (secondary N) is 1. The van der Waals surface area contributed by atoms with E-state index in [1.165, 1.54) is 0 Å². The zero-order valence-corrected chi connectivity index (χ0v) is 19.2. The first-order valence-electron chi connectivity index (χ1n) is 10.8. The van der Waals surface area contributed by atoms with Crippen LogP contribution in [0.3, 0.4) is 0 Å². The number of benzene rings is 1. The Morgan fingerprint density at radius 1 is 1.26 bits per heavy atom. The molecule has 1 aromatic rings. The molecule has 1 fully saturated rings. The summed E-state index contributed by atoms with van der Waals surface area (Å²) in [5, 5.41) is 22.9. The van der Waals surface area contributed by atoms with E-state index >= 15 is 0 Å². The number of aliphatic hydroxyl groups excluding tert-OH is 1. The monoisotopic (exact) mass is 443 g/mol. The van der Waals surface area contributed by atoms with Crippen LogP contribution in [0.4, 0.5) is 23.1 Å². The first-order valence-corrected chi connectivity index (χ1v) is 11.2. The van der Waals surface area contributed by atoms with E-state index in [9.17, 15) is 5.11 Å². The molecule has 31 heavy (non-hydrogen) atoms. The fraction of sp³-hybridized carbons (Fsp3) is 0.500. The van der Waals surface area contributed by atoms with Crippen molar-refractivity contribution < 1.29 is 5.11 Å². The van der Waals surface area contributed by atoms with Gasteiger partial charge in [0.25, 0.3) is 0 Å². The highest BCUT2D eigenvalue weighted by molar-refractivity contribution is 6.33. The van der Waals surface area contributed by atoms with Gasteiger partial charge in [-0.25, -0.2) is 0 Å². The van der Waals surface area contributed by atoms with Crippen LogP contribution in [0.15, 0.2) is 18.2 Å².